The lowest BCUT2D eigenvalue weighted by Crippen LogP contribution is -2.54. The van der Waals surface area contributed by atoms with Gasteiger partial charge in [0.15, 0.2) is 0 Å². The molecular formula is C27H27FN4O5. The smallest absolute Gasteiger partial charge is 0.262 e. The molecule has 5 rings (SSSR count). The second-order valence-corrected chi connectivity index (χ2v) is 9.67. The van der Waals surface area contributed by atoms with Crippen LogP contribution in [0.3, 0.4) is 0 Å². The number of fused-ring (bicyclic) bond motifs is 1. The third kappa shape index (κ3) is 4.59. The molecule has 9 nitrogen and oxygen atoms in total. The van der Waals surface area contributed by atoms with Gasteiger partial charge >= 0.3 is 0 Å². The molecule has 192 valence electrons. The van der Waals surface area contributed by atoms with Crippen molar-refractivity contribution in [2.24, 2.45) is 0 Å². The molecule has 0 spiro atoms. The molecule has 2 saturated heterocycles. The second-order valence-electron chi connectivity index (χ2n) is 9.67. The van der Waals surface area contributed by atoms with Crippen molar-refractivity contribution in [2.75, 3.05) is 25.0 Å². The fourth-order valence-electron chi connectivity index (χ4n) is 5.30. The Hall–Kier alpha value is -4.08. The number of nitrogens with zero attached hydrogens (tertiary/aromatic N) is 3. The molecule has 10 heteroatoms. The first-order valence-corrected chi connectivity index (χ1v) is 12.3. The zero-order valence-electron chi connectivity index (χ0n) is 20.4. The monoisotopic (exact) mass is 506 g/mol. The van der Waals surface area contributed by atoms with Crippen LogP contribution in [0, 0.1) is 5.82 Å². The van der Waals surface area contributed by atoms with E-state index in [-0.39, 0.29) is 48.2 Å². The summed E-state index contributed by atoms with van der Waals surface area (Å²) in [4.78, 5) is 67.2. The molecule has 0 aromatic heterocycles. The van der Waals surface area contributed by atoms with E-state index in [1.165, 1.54) is 6.07 Å². The van der Waals surface area contributed by atoms with Crippen molar-refractivity contribution in [1.29, 1.82) is 0 Å². The number of halogens is 1. The molecule has 37 heavy (non-hydrogen) atoms. The molecule has 3 aliphatic heterocycles. The minimum atomic E-state index is -0.998. The second kappa shape index (κ2) is 9.76. The van der Waals surface area contributed by atoms with Crippen LogP contribution in [0.15, 0.2) is 42.5 Å². The van der Waals surface area contributed by atoms with Gasteiger partial charge in [0.05, 0.1) is 17.5 Å². The lowest BCUT2D eigenvalue weighted by Gasteiger charge is -2.38. The van der Waals surface area contributed by atoms with E-state index in [1.54, 1.807) is 48.3 Å². The molecule has 2 aromatic rings. The first kappa shape index (κ1) is 24.6. The zero-order valence-corrected chi connectivity index (χ0v) is 20.4. The van der Waals surface area contributed by atoms with Crippen molar-refractivity contribution in [3.05, 3.63) is 65.0 Å². The van der Waals surface area contributed by atoms with Crippen LogP contribution in [0.25, 0.3) is 0 Å². The van der Waals surface area contributed by atoms with Crippen LogP contribution in [-0.2, 0) is 20.8 Å². The largest absolute Gasteiger partial charge is 0.371 e. The summed E-state index contributed by atoms with van der Waals surface area (Å²) in [6.45, 7) is 1.28. The Morgan fingerprint density at radius 1 is 1.00 bits per heavy atom. The van der Waals surface area contributed by atoms with Crippen LogP contribution in [-0.4, -0.2) is 71.6 Å². The highest BCUT2D eigenvalue weighted by molar-refractivity contribution is 6.23. The van der Waals surface area contributed by atoms with E-state index in [0.29, 0.717) is 31.5 Å². The van der Waals surface area contributed by atoms with Crippen molar-refractivity contribution in [1.82, 2.24) is 15.1 Å². The molecule has 1 N–H and O–H groups in total. The summed E-state index contributed by atoms with van der Waals surface area (Å²) in [6, 6.07) is 10.3. The number of amides is 5. The Kier molecular flexibility index (Phi) is 6.49. The van der Waals surface area contributed by atoms with E-state index >= 15 is 0 Å². The van der Waals surface area contributed by atoms with Gasteiger partial charge in [-0.2, -0.15) is 0 Å². The summed E-state index contributed by atoms with van der Waals surface area (Å²) in [5.74, 6) is -2.65. The summed E-state index contributed by atoms with van der Waals surface area (Å²) in [5.41, 5.74) is 1.64. The van der Waals surface area contributed by atoms with Gasteiger partial charge in [-0.25, -0.2) is 4.39 Å². The summed E-state index contributed by atoms with van der Waals surface area (Å²) in [7, 11) is 1.74. The van der Waals surface area contributed by atoms with Crippen molar-refractivity contribution < 1.29 is 28.4 Å². The van der Waals surface area contributed by atoms with Crippen molar-refractivity contribution in [3.63, 3.8) is 0 Å². The minimum Gasteiger partial charge on any atom is -0.371 e. The number of hydrogen-bond donors (Lipinski definition) is 1. The molecule has 0 aliphatic carbocycles. The molecule has 3 heterocycles. The standard InChI is InChI=1S/C27H27FN4O5/c1-30(24(34)14-16-4-2-3-5-21(16)28)17-10-12-31(13-11-17)18-6-7-19-20(15-18)27(37)32(26(19)36)22-8-9-23(33)29-25(22)35/h2-7,15,17,22H,8-14H2,1H3,(H,29,33,35). The van der Waals surface area contributed by atoms with Gasteiger partial charge in [-0.05, 0) is 49.1 Å². The van der Waals surface area contributed by atoms with Crippen LogP contribution < -0.4 is 10.2 Å². The van der Waals surface area contributed by atoms with Crippen LogP contribution in [0.4, 0.5) is 10.1 Å². The molecule has 2 fully saturated rings. The highest BCUT2D eigenvalue weighted by atomic mass is 19.1. The predicted molar refractivity (Wildman–Crippen MR) is 131 cm³/mol. The Morgan fingerprint density at radius 3 is 2.41 bits per heavy atom. The average Bonchev–Trinajstić information content (AvgIpc) is 3.14. The highest BCUT2D eigenvalue weighted by Gasteiger charge is 2.44. The average molecular weight is 507 g/mol. The van der Waals surface area contributed by atoms with Gasteiger partial charge in [-0.15, -0.1) is 0 Å². The van der Waals surface area contributed by atoms with E-state index in [4.69, 9.17) is 0 Å². The van der Waals surface area contributed by atoms with Gasteiger partial charge in [0.1, 0.15) is 11.9 Å². The molecular weight excluding hydrogens is 479 g/mol. The molecule has 0 saturated carbocycles. The molecule has 0 bridgehead atoms. The normalized spacial score (nSPS) is 20.2. The SMILES string of the molecule is CN(C(=O)Cc1ccccc1F)C1CCN(c2ccc3c(c2)C(=O)N(C2CCC(=O)NC2=O)C3=O)CC1. The summed E-state index contributed by atoms with van der Waals surface area (Å²) in [6.07, 6.45) is 1.59. The van der Waals surface area contributed by atoms with E-state index in [1.807, 2.05) is 0 Å². The number of likely N-dealkylation sites (N-methyl/N-ethyl adjacent to an activating group) is 1. The van der Waals surface area contributed by atoms with E-state index in [0.717, 1.165) is 10.6 Å². The minimum absolute atomic E-state index is 0.00796. The predicted octanol–water partition coefficient (Wildman–Crippen LogP) is 1.90. The Morgan fingerprint density at radius 2 is 1.70 bits per heavy atom. The highest BCUT2D eigenvalue weighted by Crippen LogP contribution is 2.32. The number of hydrogen-bond acceptors (Lipinski definition) is 6. The maximum absolute atomic E-state index is 13.9. The van der Waals surface area contributed by atoms with Gasteiger partial charge < -0.3 is 9.80 Å². The van der Waals surface area contributed by atoms with Crippen LogP contribution in [0.5, 0.6) is 0 Å². The number of imide groups is 2. The number of nitrogens with one attached hydrogen (secondary N) is 1. The molecule has 2 aromatic carbocycles. The summed E-state index contributed by atoms with van der Waals surface area (Å²) < 4.78 is 13.9. The maximum Gasteiger partial charge on any atom is 0.262 e. The van der Waals surface area contributed by atoms with Gasteiger partial charge in [-0.3, -0.25) is 34.2 Å². The number of rotatable bonds is 5. The van der Waals surface area contributed by atoms with Crippen molar-refractivity contribution >= 4 is 35.2 Å². The first-order chi connectivity index (χ1) is 17.7. The van der Waals surface area contributed by atoms with Crippen molar-refractivity contribution in [2.45, 2.75) is 44.2 Å². The van der Waals surface area contributed by atoms with E-state index < -0.39 is 29.7 Å². The van der Waals surface area contributed by atoms with Crippen LogP contribution in [0.2, 0.25) is 0 Å². The van der Waals surface area contributed by atoms with Gasteiger partial charge in [0, 0.05) is 38.3 Å². The third-order valence-electron chi connectivity index (χ3n) is 7.49. The Balaban J connectivity index is 1.23. The first-order valence-electron chi connectivity index (χ1n) is 12.3. The summed E-state index contributed by atoms with van der Waals surface area (Å²) >= 11 is 0. The fourth-order valence-corrected chi connectivity index (χ4v) is 5.30. The number of carbonyl (C=O) groups excluding carboxylic acids is 5. The fraction of sp³-hybridized carbons (Fsp3) is 0.370. The molecule has 3 aliphatic rings. The molecule has 0 radical (unpaired) electrons. The van der Waals surface area contributed by atoms with Gasteiger partial charge in [-0.1, -0.05) is 18.2 Å². The number of piperidine rings is 2. The van der Waals surface area contributed by atoms with Crippen LogP contribution in [0.1, 0.15) is 52.0 Å². The van der Waals surface area contributed by atoms with E-state index in [9.17, 15) is 28.4 Å². The maximum atomic E-state index is 13.9. The third-order valence-corrected chi connectivity index (χ3v) is 7.49. The molecule has 1 atom stereocenters. The zero-order chi connectivity index (χ0) is 26.3. The van der Waals surface area contributed by atoms with Gasteiger partial charge in [0.25, 0.3) is 11.8 Å². The topological polar surface area (TPSA) is 107 Å². The number of benzene rings is 2. The summed E-state index contributed by atoms with van der Waals surface area (Å²) in [5, 5.41) is 2.20. The van der Waals surface area contributed by atoms with Crippen LogP contribution >= 0.6 is 0 Å². The van der Waals surface area contributed by atoms with E-state index in [2.05, 4.69) is 10.2 Å². The number of anilines is 1. The molecule has 5 amide bonds. The van der Waals surface area contributed by atoms with Gasteiger partial charge in [0.2, 0.25) is 17.7 Å². The van der Waals surface area contributed by atoms with Crippen molar-refractivity contribution in [3.8, 4) is 0 Å². The number of carbonyl (C=O) groups is 5. The Bertz CT molecular complexity index is 1300. The quantitative estimate of drug-likeness (QED) is 0.621. The lowest BCUT2D eigenvalue weighted by atomic mass is 10.0. The Labute approximate surface area is 213 Å². The molecule has 1 unspecified atom stereocenters. The lowest BCUT2D eigenvalue weighted by molar-refractivity contribution is -0.136.